The summed E-state index contributed by atoms with van der Waals surface area (Å²) in [7, 11) is 0. The van der Waals surface area contributed by atoms with E-state index in [0.29, 0.717) is 28.7 Å². The summed E-state index contributed by atoms with van der Waals surface area (Å²) in [5.41, 5.74) is 0.321. The Morgan fingerprint density at radius 1 is 0.812 bits per heavy atom. The van der Waals surface area contributed by atoms with Crippen LogP contribution in [0.2, 0.25) is 0 Å². The molecule has 0 amide bonds. The number of hydrogen-bond donors (Lipinski definition) is 0. The Bertz CT molecular complexity index is 566. The van der Waals surface area contributed by atoms with Crippen LogP contribution >= 0.6 is 0 Å². The highest BCUT2D eigenvalue weighted by atomic mass is 16.6. The summed E-state index contributed by atoms with van der Waals surface area (Å²) in [6, 6.07) is 12.2. The first kappa shape index (κ1) is 8.91. The molecule has 0 radical (unpaired) electrons. The van der Waals surface area contributed by atoms with E-state index in [-0.39, 0.29) is 0 Å². The maximum atomic E-state index is 10.4. The predicted molar refractivity (Wildman–Crippen MR) is 58.5 cm³/mol. The van der Waals surface area contributed by atoms with Gasteiger partial charge in [0.15, 0.2) is 23.0 Å². The van der Waals surface area contributed by atoms with Crippen LogP contribution in [0.25, 0.3) is 0 Å². The van der Waals surface area contributed by atoms with E-state index in [1.807, 2.05) is 18.2 Å². The van der Waals surface area contributed by atoms with E-state index in [9.17, 15) is 4.91 Å². The van der Waals surface area contributed by atoms with Crippen molar-refractivity contribution in [1.29, 1.82) is 0 Å². The molecule has 78 valence electrons. The lowest BCUT2D eigenvalue weighted by molar-refractivity contribution is 0.360. The van der Waals surface area contributed by atoms with Crippen molar-refractivity contribution < 1.29 is 9.47 Å². The summed E-state index contributed by atoms with van der Waals surface area (Å²) >= 11 is 0. The molecule has 0 atom stereocenters. The summed E-state index contributed by atoms with van der Waals surface area (Å²) in [4.78, 5) is 10.4. The number of para-hydroxylation sites is 2. The summed E-state index contributed by atoms with van der Waals surface area (Å²) in [5, 5.41) is 2.85. The molecule has 0 spiro atoms. The minimum absolute atomic E-state index is 0.321. The van der Waals surface area contributed by atoms with E-state index < -0.39 is 0 Å². The molecule has 0 aromatic heterocycles. The third kappa shape index (κ3) is 1.32. The van der Waals surface area contributed by atoms with Crippen LogP contribution in [-0.2, 0) is 0 Å². The van der Waals surface area contributed by atoms with Crippen LogP contribution in [0.5, 0.6) is 23.0 Å². The Labute approximate surface area is 91.4 Å². The van der Waals surface area contributed by atoms with Crippen LogP contribution in [0, 0.1) is 4.91 Å². The van der Waals surface area contributed by atoms with E-state index in [0.717, 1.165) is 0 Å². The Kier molecular flexibility index (Phi) is 1.86. The first-order chi connectivity index (χ1) is 7.86. The number of benzene rings is 2. The normalized spacial score (nSPS) is 11.8. The molecule has 0 fully saturated rings. The molecule has 1 aliphatic heterocycles. The zero-order valence-electron chi connectivity index (χ0n) is 8.21. The molecule has 1 aliphatic rings. The molecule has 2 aromatic rings. The Balaban J connectivity index is 2.08. The van der Waals surface area contributed by atoms with Gasteiger partial charge in [0.25, 0.3) is 0 Å². The highest BCUT2D eigenvalue weighted by Gasteiger charge is 2.18. The van der Waals surface area contributed by atoms with Gasteiger partial charge in [-0.1, -0.05) is 12.1 Å². The molecule has 0 saturated heterocycles. The molecular formula is C12H7NO3. The van der Waals surface area contributed by atoms with Gasteiger partial charge in [0, 0.05) is 6.07 Å². The lowest BCUT2D eigenvalue weighted by atomic mass is 10.2. The fourth-order valence-electron chi connectivity index (χ4n) is 1.57. The lowest BCUT2D eigenvalue weighted by Crippen LogP contribution is -1.97. The predicted octanol–water partition coefficient (Wildman–Crippen LogP) is 3.98. The van der Waals surface area contributed by atoms with E-state index in [2.05, 4.69) is 5.18 Å². The highest BCUT2D eigenvalue weighted by molar-refractivity contribution is 5.58. The molecule has 1 heterocycles. The van der Waals surface area contributed by atoms with Gasteiger partial charge in [0.2, 0.25) is 0 Å². The molecule has 3 rings (SSSR count). The van der Waals surface area contributed by atoms with Crippen LogP contribution in [-0.4, -0.2) is 0 Å². The average molecular weight is 213 g/mol. The van der Waals surface area contributed by atoms with Gasteiger partial charge in [-0.3, -0.25) is 0 Å². The van der Waals surface area contributed by atoms with Crippen molar-refractivity contribution in [3.63, 3.8) is 0 Å². The Morgan fingerprint density at radius 3 is 2.12 bits per heavy atom. The summed E-state index contributed by atoms with van der Waals surface area (Å²) in [5.74, 6) is 2.40. The van der Waals surface area contributed by atoms with Crippen molar-refractivity contribution in [2.75, 3.05) is 0 Å². The van der Waals surface area contributed by atoms with Crippen LogP contribution in [0.3, 0.4) is 0 Å². The average Bonchev–Trinajstić information content (AvgIpc) is 2.35. The van der Waals surface area contributed by atoms with E-state index >= 15 is 0 Å². The van der Waals surface area contributed by atoms with E-state index in [4.69, 9.17) is 9.47 Å². The van der Waals surface area contributed by atoms with Gasteiger partial charge in [0.05, 0.1) is 0 Å². The van der Waals surface area contributed by atoms with Gasteiger partial charge in [-0.2, -0.15) is 0 Å². The van der Waals surface area contributed by atoms with Gasteiger partial charge in [-0.15, -0.1) is 4.91 Å². The first-order valence-electron chi connectivity index (χ1n) is 4.79. The molecule has 4 heteroatoms. The molecule has 0 N–H and O–H groups in total. The third-order valence-corrected chi connectivity index (χ3v) is 2.32. The van der Waals surface area contributed by atoms with Crippen molar-refractivity contribution in [1.82, 2.24) is 0 Å². The SMILES string of the molecule is O=Nc1ccc2c(c1)Oc1ccccc1O2. The van der Waals surface area contributed by atoms with Gasteiger partial charge < -0.3 is 9.47 Å². The monoisotopic (exact) mass is 213 g/mol. The lowest BCUT2D eigenvalue weighted by Gasteiger charge is -2.19. The molecule has 0 unspecified atom stereocenters. The number of hydrogen-bond acceptors (Lipinski definition) is 4. The molecule has 16 heavy (non-hydrogen) atoms. The quantitative estimate of drug-likeness (QED) is 0.574. The number of fused-ring (bicyclic) bond motifs is 2. The standard InChI is InChI=1S/C12H7NO3/c14-13-8-5-6-11-12(7-8)16-10-4-2-1-3-9(10)15-11/h1-7H. The smallest absolute Gasteiger partial charge is 0.172 e. The van der Waals surface area contributed by atoms with E-state index in [1.54, 1.807) is 24.3 Å². The molecule has 4 nitrogen and oxygen atoms in total. The van der Waals surface area contributed by atoms with Crippen LogP contribution < -0.4 is 9.47 Å². The third-order valence-electron chi connectivity index (χ3n) is 2.32. The molecular weight excluding hydrogens is 206 g/mol. The second kappa shape index (κ2) is 3.34. The second-order valence-electron chi connectivity index (χ2n) is 3.37. The molecule has 2 aromatic carbocycles. The van der Waals surface area contributed by atoms with Crippen molar-refractivity contribution in [3.05, 3.63) is 47.4 Å². The Hall–Kier alpha value is -2.36. The number of nitrogens with zero attached hydrogens (tertiary/aromatic N) is 1. The minimum atomic E-state index is 0.321. The molecule has 0 bridgehead atoms. The second-order valence-corrected chi connectivity index (χ2v) is 3.37. The fourth-order valence-corrected chi connectivity index (χ4v) is 1.57. The van der Waals surface area contributed by atoms with E-state index in [1.165, 1.54) is 0 Å². The van der Waals surface area contributed by atoms with Crippen LogP contribution in [0.15, 0.2) is 47.6 Å². The van der Waals surface area contributed by atoms with Crippen molar-refractivity contribution in [2.45, 2.75) is 0 Å². The zero-order chi connectivity index (χ0) is 11.0. The van der Waals surface area contributed by atoms with Crippen molar-refractivity contribution in [3.8, 4) is 23.0 Å². The maximum Gasteiger partial charge on any atom is 0.172 e. The number of rotatable bonds is 1. The largest absolute Gasteiger partial charge is 0.450 e. The van der Waals surface area contributed by atoms with Gasteiger partial charge in [-0.25, -0.2) is 0 Å². The van der Waals surface area contributed by atoms with Crippen LogP contribution in [0.1, 0.15) is 0 Å². The minimum Gasteiger partial charge on any atom is -0.450 e. The van der Waals surface area contributed by atoms with Crippen molar-refractivity contribution >= 4 is 5.69 Å². The van der Waals surface area contributed by atoms with Crippen molar-refractivity contribution in [2.24, 2.45) is 5.18 Å². The Morgan fingerprint density at radius 2 is 1.44 bits per heavy atom. The number of nitroso groups, excluding NO2 is 1. The van der Waals surface area contributed by atoms with Gasteiger partial charge in [-0.05, 0) is 29.4 Å². The number of ether oxygens (including phenoxy) is 2. The van der Waals surface area contributed by atoms with Gasteiger partial charge >= 0.3 is 0 Å². The van der Waals surface area contributed by atoms with Crippen LogP contribution in [0.4, 0.5) is 5.69 Å². The zero-order valence-corrected chi connectivity index (χ0v) is 8.21. The highest BCUT2D eigenvalue weighted by Crippen LogP contribution is 2.45. The first-order valence-corrected chi connectivity index (χ1v) is 4.79. The molecule has 0 aliphatic carbocycles. The summed E-state index contributed by atoms with van der Waals surface area (Å²) < 4.78 is 11.2. The maximum absolute atomic E-state index is 10.4. The molecule has 0 saturated carbocycles. The summed E-state index contributed by atoms with van der Waals surface area (Å²) in [6.07, 6.45) is 0. The van der Waals surface area contributed by atoms with Gasteiger partial charge in [0.1, 0.15) is 5.69 Å². The summed E-state index contributed by atoms with van der Waals surface area (Å²) in [6.45, 7) is 0. The topological polar surface area (TPSA) is 47.9 Å². The fraction of sp³-hybridized carbons (Fsp3) is 0.